The zero-order chi connectivity index (χ0) is 20.5. The summed E-state index contributed by atoms with van der Waals surface area (Å²) in [4.78, 5) is 18.1. The number of rotatable bonds is 4. The van der Waals surface area contributed by atoms with Crippen molar-refractivity contribution in [2.24, 2.45) is 0 Å². The molecule has 0 saturated heterocycles. The Balaban J connectivity index is 1.66. The van der Waals surface area contributed by atoms with Gasteiger partial charge in [0.05, 0.1) is 5.56 Å². The molecule has 0 atom stereocenters. The van der Waals surface area contributed by atoms with Crippen LogP contribution in [0.4, 0.5) is 18.9 Å². The molecule has 0 radical (unpaired) electrons. The van der Waals surface area contributed by atoms with Gasteiger partial charge in [-0.15, -0.1) is 5.10 Å². The highest BCUT2D eigenvalue weighted by molar-refractivity contribution is 5.91. The van der Waals surface area contributed by atoms with Gasteiger partial charge in [0.25, 0.3) is 5.91 Å². The first-order valence-corrected chi connectivity index (χ1v) is 8.50. The topological polar surface area (TPSA) is 69.0 Å². The van der Waals surface area contributed by atoms with Gasteiger partial charge in [-0.25, -0.2) is 0 Å². The summed E-state index contributed by atoms with van der Waals surface area (Å²) in [5.74, 6) is -0.473. The number of anilines is 1. The summed E-state index contributed by atoms with van der Waals surface area (Å²) in [5, 5.41) is 10.0. The number of fused-ring (bicyclic) bond motifs is 1. The Bertz CT molecular complexity index is 989. The van der Waals surface area contributed by atoms with Crippen molar-refractivity contribution >= 4 is 22.6 Å². The third-order valence-corrected chi connectivity index (χ3v) is 4.10. The van der Waals surface area contributed by atoms with Gasteiger partial charge in [-0.3, -0.25) is 4.79 Å². The summed E-state index contributed by atoms with van der Waals surface area (Å²) in [5.41, 5.74) is 1.11. The third kappa shape index (κ3) is 4.41. The number of hydrogen-bond donors (Lipinski definition) is 1. The van der Waals surface area contributed by atoms with Crippen molar-refractivity contribution < 1.29 is 22.8 Å². The van der Waals surface area contributed by atoms with Gasteiger partial charge in [0.2, 0.25) is 0 Å². The van der Waals surface area contributed by atoms with Crippen LogP contribution in [-0.2, 0) is 16.4 Å². The number of aromatic nitrogens is 3. The maximum absolute atomic E-state index is 12.9. The second-order valence-electron chi connectivity index (χ2n) is 7.31. The maximum Gasteiger partial charge on any atom is 0.416 e. The number of nitrogens with one attached hydrogen (secondary N) is 1. The van der Waals surface area contributed by atoms with Crippen molar-refractivity contribution in [1.29, 1.82) is 0 Å². The SMILES string of the molecule is CC(C)(C)c1ccc(NC(=O)COn2nnc3ccc(C(F)(F)F)cc32)cc1. The lowest BCUT2D eigenvalue weighted by Gasteiger charge is -2.19. The van der Waals surface area contributed by atoms with E-state index < -0.39 is 24.3 Å². The van der Waals surface area contributed by atoms with Crippen molar-refractivity contribution in [2.75, 3.05) is 11.9 Å². The second-order valence-corrected chi connectivity index (χ2v) is 7.31. The fourth-order valence-electron chi connectivity index (χ4n) is 2.54. The summed E-state index contributed by atoms with van der Waals surface area (Å²) in [6.07, 6.45) is -4.50. The molecule has 1 aromatic heterocycles. The summed E-state index contributed by atoms with van der Waals surface area (Å²) in [6.45, 7) is 5.82. The van der Waals surface area contributed by atoms with Gasteiger partial charge in [0.1, 0.15) is 11.0 Å². The number of nitrogens with zero attached hydrogens (tertiary/aromatic N) is 3. The quantitative estimate of drug-likeness (QED) is 0.733. The normalized spacial score (nSPS) is 12.2. The van der Waals surface area contributed by atoms with Gasteiger partial charge in [0, 0.05) is 5.69 Å². The zero-order valence-corrected chi connectivity index (χ0v) is 15.5. The first-order chi connectivity index (χ1) is 13.0. The van der Waals surface area contributed by atoms with Crippen LogP contribution in [0.3, 0.4) is 0 Å². The number of carbonyl (C=O) groups is 1. The highest BCUT2D eigenvalue weighted by Gasteiger charge is 2.31. The first kappa shape index (κ1) is 19.7. The number of hydrogen-bond acceptors (Lipinski definition) is 4. The molecule has 148 valence electrons. The highest BCUT2D eigenvalue weighted by atomic mass is 19.4. The molecule has 0 aliphatic heterocycles. The summed E-state index contributed by atoms with van der Waals surface area (Å²) < 4.78 is 38.6. The standard InChI is InChI=1S/C19H19F3N4O2/c1-18(2,3)12-4-7-14(8-5-12)23-17(27)11-28-26-16-10-13(19(20,21)22)6-9-15(16)24-25-26/h4-10H,11H2,1-3H3,(H,23,27). The molecule has 0 spiro atoms. The van der Waals surface area contributed by atoms with Crippen molar-refractivity contribution in [1.82, 2.24) is 15.2 Å². The van der Waals surface area contributed by atoms with E-state index in [4.69, 9.17) is 4.84 Å². The van der Waals surface area contributed by atoms with Gasteiger partial charge in [-0.2, -0.15) is 13.2 Å². The summed E-state index contributed by atoms with van der Waals surface area (Å²) in [7, 11) is 0. The van der Waals surface area contributed by atoms with Crippen LogP contribution in [0.15, 0.2) is 42.5 Å². The summed E-state index contributed by atoms with van der Waals surface area (Å²) >= 11 is 0. The Morgan fingerprint density at radius 3 is 2.32 bits per heavy atom. The largest absolute Gasteiger partial charge is 0.416 e. The van der Waals surface area contributed by atoms with Crippen LogP contribution in [-0.4, -0.2) is 27.7 Å². The molecule has 0 unspecified atom stereocenters. The molecule has 0 aliphatic carbocycles. The molecule has 0 aliphatic rings. The molecule has 0 fully saturated rings. The first-order valence-electron chi connectivity index (χ1n) is 8.50. The van der Waals surface area contributed by atoms with E-state index in [1.54, 1.807) is 12.1 Å². The zero-order valence-electron chi connectivity index (χ0n) is 15.5. The molecule has 28 heavy (non-hydrogen) atoms. The van der Waals surface area contributed by atoms with Crippen LogP contribution in [0.1, 0.15) is 31.9 Å². The highest BCUT2D eigenvalue weighted by Crippen LogP contribution is 2.30. The van der Waals surface area contributed by atoms with E-state index in [2.05, 4.69) is 36.4 Å². The monoisotopic (exact) mass is 392 g/mol. The lowest BCUT2D eigenvalue weighted by atomic mass is 9.87. The van der Waals surface area contributed by atoms with Crippen LogP contribution >= 0.6 is 0 Å². The van der Waals surface area contributed by atoms with Crippen LogP contribution in [0, 0.1) is 0 Å². The predicted molar refractivity (Wildman–Crippen MR) is 97.7 cm³/mol. The second kappa shape index (κ2) is 7.14. The van der Waals surface area contributed by atoms with E-state index >= 15 is 0 Å². The fraction of sp³-hybridized carbons (Fsp3) is 0.316. The molecule has 0 bridgehead atoms. The van der Waals surface area contributed by atoms with E-state index in [1.165, 1.54) is 6.07 Å². The number of halogens is 3. The van der Waals surface area contributed by atoms with E-state index in [9.17, 15) is 18.0 Å². The fourth-order valence-corrected chi connectivity index (χ4v) is 2.54. The summed E-state index contributed by atoms with van der Waals surface area (Å²) in [6, 6.07) is 10.4. The molecule has 2 aromatic carbocycles. The van der Waals surface area contributed by atoms with Gasteiger partial charge in [-0.05, 0) is 46.5 Å². The molecule has 6 nitrogen and oxygen atoms in total. The number of amides is 1. The van der Waals surface area contributed by atoms with Crippen molar-refractivity contribution in [3.05, 3.63) is 53.6 Å². The van der Waals surface area contributed by atoms with Gasteiger partial charge in [0.15, 0.2) is 6.61 Å². The number of carbonyl (C=O) groups excluding carboxylic acids is 1. The molecule has 1 heterocycles. The molecule has 9 heteroatoms. The molecule has 1 amide bonds. The van der Waals surface area contributed by atoms with Gasteiger partial charge < -0.3 is 10.2 Å². The average Bonchev–Trinajstić information content (AvgIpc) is 3.01. The Morgan fingerprint density at radius 2 is 1.71 bits per heavy atom. The van der Waals surface area contributed by atoms with Crippen molar-refractivity contribution in [3.63, 3.8) is 0 Å². The Hall–Kier alpha value is -3.10. The number of benzene rings is 2. The van der Waals surface area contributed by atoms with E-state index in [-0.39, 0.29) is 16.4 Å². The lowest BCUT2D eigenvalue weighted by Crippen LogP contribution is -2.26. The lowest BCUT2D eigenvalue weighted by molar-refractivity contribution is -0.137. The number of alkyl halides is 3. The van der Waals surface area contributed by atoms with E-state index in [0.29, 0.717) is 5.69 Å². The molecule has 1 N–H and O–H groups in total. The van der Waals surface area contributed by atoms with Gasteiger partial charge in [-0.1, -0.05) is 37.7 Å². The van der Waals surface area contributed by atoms with Gasteiger partial charge >= 0.3 is 6.18 Å². The van der Waals surface area contributed by atoms with Crippen LogP contribution in [0.5, 0.6) is 0 Å². The molecule has 3 aromatic rings. The minimum Gasteiger partial charge on any atom is -0.385 e. The van der Waals surface area contributed by atoms with Crippen LogP contribution < -0.4 is 10.2 Å². The Morgan fingerprint density at radius 1 is 1.07 bits per heavy atom. The third-order valence-electron chi connectivity index (χ3n) is 4.10. The molecule has 0 saturated carbocycles. The minimum absolute atomic E-state index is 0.00489. The molecular weight excluding hydrogens is 373 g/mol. The Kier molecular flexibility index (Phi) is 5.01. The maximum atomic E-state index is 12.9. The van der Waals surface area contributed by atoms with Crippen molar-refractivity contribution in [2.45, 2.75) is 32.4 Å². The molecular formula is C19H19F3N4O2. The molecule has 3 rings (SSSR count). The van der Waals surface area contributed by atoms with Crippen LogP contribution in [0.2, 0.25) is 0 Å². The van der Waals surface area contributed by atoms with E-state index in [0.717, 1.165) is 22.5 Å². The van der Waals surface area contributed by atoms with Crippen molar-refractivity contribution in [3.8, 4) is 0 Å². The van der Waals surface area contributed by atoms with Crippen LogP contribution in [0.25, 0.3) is 11.0 Å². The minimum atomic E-state index is -4.50. The average molecular weight is 392 g/mol. The smallest absolute Gasteiger partial charge is 0.385 e. The Labute approximate surface area is 159 Å². The predicted octanol–water partition coefficient (Wildman–Crippen LogP) is 3.81. The van der Waals surface area contributed by atoms with E-state index in [1.807, 2.05) is 12.1 Å².